The zero-order chi connectivity index (χ0) is 12.3. The van der Waals surface area contributed by atoms with E-state index in [0.29, 0.717) is 16.7 Å². The number of nitrogens with zero attached hydrogens (tertiary/aromatic N) is 2. The number of nitrogens with two attached hydrogens (primary N) is 1. The highest BCUT2D eigenvalue weighted by molar-refractivity contribution is 7.13. The van der Waals surface area contributed by atoms with Gasteiger partial charge in [-0.2, -0.15) is 0 Å². The van der Waals surface area contributed by atoms with Gasteiger partial charge in [0.15, 0.2) is 5.13 Å². The molecule has 0 radical (unpaired) electrons. The van der Waals surface area contributed by atoms with Crippen molar-refractivity contribution in [3.8, 4) is 5.88 Å². The van der Waals surface area contributed by atoms with E-state index in [9.17, 15) is 4.79 Å². The van der Waals surface area contributed by atoms with Crippen LogP contribution in [-0.2, 0) is 0 Å². The predicted octanol–water partition coefficient (Wildman–Crippen LogP) is 1.38. The minimum Gasteiger partial charge on any atom is -0.480 e. The molecule has 0 atom stereocenters. The molecule has 0 aliphatic heterocycles. The topological polar surface area (TPSA) is 90.1 Å². The van der Waals surface area contributed by atoms with Gasteiger partial charge in [-0.1, -0.05) is 0 Å². The van der Waals surface area contributed by atoms with Crippen molar-refractivity contribution in [2.75, 3.05) is 18.2 Å². The molecule has 2 aromatic heterocycles. The van der Waals surface area contributed by atoms with Gasteiger partial charge in [-0.05, 0) is 12.1 Å². The molecule has 0 saturated heterocycles. The smallest absolute Gasteiger partial charge is 0.275 e. The van der Waals surface area contributed by atoms with E-state index in [-0.39, 0.29) is 11.6 Å². The molecule has 2 aromatic rings. The molecule has 0 bridgehead atoms. The maximum Gasteiger partial charge on any atom is 0.275 e. The van der Waals surface area contributed by atoms with Crippen molar-refractivity contribution in [1.82, 2.24) is 9.97 Å². The highest BCUT2D eigenvalue weighted by atomic mass is 32.1. The van der Waals surface area contributed by atoms with Gasteiger partial charge in [0.2, 0.25) is 5.88 Å². The first kappa shape index (κ1) is 11.3. The quantitative estimate of drug-likeness (QED) is 0.858. The summed E-state index contributed by atoms with van der Waals surface area (Å²) < 4.78 is 5.02. The van der Waals surface area contributed by atoms with Crippen molar-refractivity contribution in [2.24, 2.45) is 0 Å². The number of aromatic nitrogens is 2. The average Bonchev–Trinajstić information content (AvgIpc) is 2.77. The van der Waals surface area contributed by atoms with Crippen LogP contribution in [0.2, 0.25) is 0 Å². The lowest BCUT2D eigenvalue weighted by Crippen LogP contribution is -2.13. The van der Waals surface area contributed by atoms with Gasteiger partial charge in [0.05, 0.1) is 7.11 Å². The van der Waals surface area contributed by atoms with Gasteiger partial charge < -0.3 is 15.8 Å². The Hall–Kier alpha value is -2.15. The molecule has 88 valence electrons. The minimum absolute atomic E-state index is 0.276. The van der Waals surface area contributed by atoms with Crippen LogP contribution in [0.1, 0.15) is 10.5 Å². The molecule has 1 amide bonds. The molecule has 0 spiro atoms. The van der Waals surface area contributed by atoms with Crippen molar-refractivity contribution in [3.05, 3.63) is 29.4 Å². The highest BCUT2D eigenvalue weighted by Crippen LogP contribution is 2.21. The number of thiazole rings is 1. The van der Waals surface area contributed by atoms with Gasteiger partial charge in [-0.3, -0.25) is 4.79 Å². The molecule has 3 N–H and O–H groups in total. The second kappa shape index (κ2) is 4.79. The molecule has 0 unspecified atom stereocenters. The van der Waals surface area contributed by atoms with E-state index in [1.54, 1.807) is 23.7 Å². The zero-order valence-electron chi connectivity index (χ0n) is 9.01. The number of hydrogen-bond acceptors (Lipinski definition) is 6. The fraction of sp³-hybridized carbons (Fsp3) is 0.100. The number of amides is 1. The number of carbonyl (C=O) groups is 1. The van der Waals surface area contributed by atoms with Crippen LogP contribution in [0.3, 0.4) is 0 Å². The van der Waals surface area contributed by atoms with Gasteiger partial charge in [0.1, 0.15) is 11.4 Å². The minimum atomic E-state index is -0.343. The zero-order valence-corrected chi connectivity index (χ0v) is 9.82. The fourth-order valence-electron chi connectivity index (χ4n) is 1.23. The monoisotopic (exact) mass is 250 g/mol. The summed E-state index contributed by atoms with van der Waals surface area (Å²) in [5.74, 6) is 0.00769. The van der Waals surface area contributed by atoms with Crippen LogP contribution < -0.4 is 15.8 Å². The fourth-order valence-corrected chi connectivity index (χ4v) is 1.77. The van der Waals surface area contributed by atoms with Crippen LogP contribution in [0, 0.1) is 0 Å². The Morgan fingerprint density at radius 2 is 2.41 bits per heavy atom. The number of ether oxygens (including phenoxy) is 1. The lowest BCUT2D eigenvalue weighted by molar-refractivity contribution is 0.102. The maximum atomic E-state index is 11.8. The number of carbonyl (C=O) groups excluding carboxylic acids is 1. The molecule has 6 nitrogen and oxygen atoms in total. The molecule has 0 fully saturated rings. The van der Waals surface area contributed by atoms with Gasteiger partial charge in [-0.25, -0.2) is 9.97 Å². The van der Waals surface area contributed by atoms with Crippen LogP contribution in [0.4, 0.5) is 10.8 Å². The molecule has 0 aliphatic rings. The Morgan fingerprint density at radius 1 is 1.59 bits per heavy atom. The van der Waals surface area contributed by atoms with E-state index in [1.807, 2.05) is 0 Å². The third kappa shape index (κ3) is 2.51. The van der Waals surface area contributed by atoms with Gasteiger partial charge in [0, 0.05) is 11.6 Å². The first-order chi connectivity index (χ1) is 8.20. The Balaban J connectivity index is 2.18. The lowest BCUT2D eigenvalue weighted by atomic mass is 10.3. The van der Waals surface area contributed by atoms with Crippen LogP contribution in [0.25, 0.3) is 0 Å². The Morgan fingerprint density at radius 3 is 3.06 bits per heavy atom. The van der Waals surface area contributed by atoms with Crippen molar-refractivity contribution < 1.29 is 9.53 Å². The normalized spacial score (nSPS) is 9.94. The maximum absolute atomic E-state index is 11.8. The molecule has 17 heavy (non-hydrogen) atoms. The molecular weight excluding hydrogens is 240 g/mol. The predicted molar refractivity (Wildman–Crippen MR) is 65.3 cm³/mol. The second-order valence-electron chi connectivity index (χ2n) is 3.09. The van der Waals surface area contributed by atoms with Crippen LogP contribution in [-0.4, -0.2) is 23.0 Å². The summed E-state index contributed by atoms with van der Waals surface area (Å²) in [4.78, 5) is 19.6. The Labute approximate surface area is 101 Å². The number of nitrogens with one attached hydrogen (secondary N) is 1. The summed E-state index contributed by atoms with van der Waals surface area (Å²) >= 11 is 1.21. The summed E-state index contributed by atoms with van der Waals surface area (Å²) in [7, 11) is 1.48. The molecular formula is C10H10N4O2S. The molecule has 0 aromatic carbocycles. The highest BCUT2D eigenvalue weighted by Gasteiger charge is 2.12. The number of nitrogen functional groups attached to an aromatic ring is 1. The van der Waals surface area contributed by atoms with Crippen LogP contribution in [0.15, 0.2) is 23.7 Å². The van der Waals surface area contributed by atoms with E-state index in [2.05, 4.69) is 15.3 Å². The summed E-state index contributed by atoms with van der Waals surface area (Å²) in [5, 5.41) is 4.60. The Bertz CT molecular complexity index is 541. The van der Waals surface area contributed by atoms with Gasteiger partial charge >= 0.3 is 0 Å². The largest absolute Gasteiger partial charge is 0.480 e. The number of hydrogen-bond donors (Lipinski definition) is 2. The second-order valence-corrected chi connectivity index (χ2v) is 3.98. The summed E-state index contributed by atoms with van der Waals surface area (Å²) in [6, 6.07) is 3.40. The first-order valence-electron chi connectivity index (χ1n) is 4.72. The van der Waals surface area contributed by atoms with Gasteiger partial charge in [-0.15, -0.1) is 11.3 Å². The van der Waals surface area contributed by atoms with Crippen LogP contribution in [0.5, 0.6) is 5.88 Å². The molecule has 7 heteroatoms. The SMILES string of the molecule is COc1ncccc1NC(=O)c1csc(N)n1. The van der Waals surface area contributed by atoms with Crippen molar-refractivity contribution in [2.45, 2.75) is 0 Å². The molecule has 0 aliphatic carbocycles. The Kier molecular flexibility index (Phi) is 3.20. The lowest BCUT2D eigenvalue weighted by Gasteiger charge is -2.06. The van der Waals surface area contributed by atoms with Crippen molar-refractivity contribution in [1.29, 1.82) is 0 Å². The number of methoxy groups -OCH3 is 1. The van der Waals surface area contributed by atoms with Crippen LogP contribution >= 0.6 is 11.3 Å². The van der Waals surface area contributed by atoms with Crippen molar-refractivity contribution >= 4 is 28.1 Å². The van der Waals surface area contributed by atoms with Gasteiger partial charge in [0.25, 0.3) is 5.91 Å². The number of pyridine rings is 1. The molecule has 2 rings (SSSR count). The summed E-state index contributed by atoms with van der Waals surface area (Å²) in [6.07, 6.45) is 1.58. The summed E-state index contributed by atoms with van der Waals surface area (Å²) in [6.45, 7) is 0. The summed E-state index contributed by atoms with van der Waals surface area (Å²) in [5.41, 5.74) is 6.22. The van der Waals surface area contributed by atoms with Crippen molar-refractivity contribution in [3.63, 3.8) is 0 Å². The number of anilines is 2. The third-order valence-corrected chi connectivity index (χ3v) is 2.64. The van der Waals surface area contributed by atoms with E-state index >= 15 is 0 Å². The average molecular weight is 250 g/mol. The van der Waals surface area contributed by atoms with E-state index in [1.165, 1.54) is 18.4 Å². The van der Waals surface area contributed by atoms with E-state index in [4.69, 9.17) is 10.5 Å². The first-order valence-corrected chi connectivity index (χ1v) is 5.60. The number of rotatable bonds is 3. The standard InChI is InChI=1S/C10H10N4O2S/c1-16-9-6(3-2-4-12-9)13-8(15)7-5-17-10(11)14-7/h2-5H,1H3,(H2,11,14)(H,13,15). The molecule has 2 heterocycles. The van der Waals surface area contributed by atoms with E-state index < -0.39 is 0 Å². The molecule has 0 saturated carbocycles. The third-order valence-electron chi connectivity index (χ3n) is 1.97. The van der Waals surface area contributed by atoms with E-state index in [0.717, 1.165) is 0 Å².